The Kier molecular flexibility index (Phi) is 6.59. The third-order valence-corrected chi connectivity index (χ3v) is 4.39. The van der Waals surface area contributed by atoms with Gasteiger partial charge in [-0.25, -0.2) is 0 Å². The summed E-state index contributed by atoms with van der Waals surface area (Å²) in [6.45, 7) is 7.35. The number of para-hydroxylation sites is 1. The maximum Gasteiger partial charge on any atom is 0.279 e. The predicted molar refractivity (Wildman–Crippen MR) is 102 cm³/mol. The maximum atomic E-state index is 12.5. The van der Waals surface area contributed by atoms with E-state index in [0.29, 0.717) is 6.54 Å². The minimum atomic E-state index is 0.0353. The van der Waals surface area contributed by atoms with Gasteiger partial charge in [0.2, 0.25) is 0 Å². The van der Waals surface area contributed by atoms with E-state index in [2.05, 4.69) is 31.3 Å². The lowest BCUT2D eigenvalue weighted by molar-refractivity contribution is -0.885. The second-order valence-electron chi connectivity index (χ2n) is 6.64. The van der Waals surface area contributed by atoms with Crippen LogP contribution in [0.4, 0.5) is 5.69 Å². The van der Waals surface area contributed by atoms with Crippen molar-refractivity contribution in [2.45, 2.75) is 33.7 Å². The van der Waals surface area contributed by atoms with Crippen LogP contribution < -0.4 is 15.0 Å². The van der Waals surface area contributed by atoms with Crippen molar-refractivity contribution in [1.29, 1.82) is 0 Å². The van der Waals surface area contributed by atoms with Crippen molar-refractivity contribution in [2.75, 3.05) is 26.0 Å². The van der Waals surface area contributed by atoms with Crippen LogP contribution in [0.3, 0.4) is 0 Å². The van der Waals surface area contributed by atoms with Crippen LogP contribution in [-0.2, 0) is 17.8 Å². The van der Waals surface area contributed by atoms with Gasteiger partial charge in [-0.3, -0.25) is 4.79 Å². The fraction of sp³-hybridized carbons (Fsp3) is 0.381. The fourth-order valence-electron chi connectivity index (χ4n) is 3.09. The molecule has 0 saturated heterocycles. The standard InChI is InChI=1S/C21H28N2O2/c1-6-17-9-7-8-16(3)21(17)22-20(24)14-23(4)13-18-12-15(2)10-11-19(18)25-5/h7-12H,6,13-14H2,1-5H3,(H,22,24)/p+1. The Bertz CT molecular complexity index is 741. The molecule has 1 atom stereocenters. The van der Waals surface area contributed by atoms with E-state index < -0.39 is 0 Å². The zero-order valence-electron chi connectivity index (χ0n) is 15.9. The molecule has 0 aromatic heterocycles. The summed E-state index contributed by atoms with van der Waals surface area (Å²) in [5.74, 6) is 0.908. The van der Waals surface area contributed by atoms with Gasteiger partial charge >= 0.3 is 0 Å². The fourth-order valence-corrected chi connectivity index (χ4v) is 3.09. The third kappa shape index (κ3) is 5.07. The van der Waals surface area contributed by atoms with Gasteiger partial charge in [0.25, 0.3) is 5.91 Å². The lowest BCUT2D eigenvalue weighted by Crippen LogP contribution is -3.08. The van der Waals surface area contributed by atoms with E-state index >= 15 is 0 Å². The van der Waals surface area contributed by atoms with Crippen molar-refractivity contribution in [1.82, 2.24) is 0 Å². The Balaban J connectivity index is 2.03. The molecule has 1 amide bonds. The highest BCUT2D eigenvalue weighted by molar-refractivity contribution is 5.93. The van der Waals surface area contributed by atoms with Crippen LogP contribution in [0.2, 0.25) is 0 Å². The van der Waals surface area contributed by atoms with Crippen molar-refractivity contribution in [3.8, 4) is 5.75 Å². The lowest BCUT2D eigenvalue weighted by atomic mass is 10.1. The van der Waals surface area contributed by atoms with Gasteiger partial charge in [-0.05, 0) is 43.5 Å². The molecule has 2 aromatic carbocycles. The number of hydrogen-bond donors (Lipinski definition) is 2. The van der Waals surface area contributed by atoms with Gasteiger partial charge in [0.05, 0.1) is 14.2 Å². The van der Waals surface area contributed by atoms with E-state index in [4.69, 9.17) is 4.74 Å². The van der Waals surface area contributed by atoms with Crippen LogP contribution in [0, 0.1) is 13.8 Å². The number of carbonyl (C=O) groups excluding carboxylic acids is 1. The average Bonchev–Trinajstić information content (AvgIpc) is 2.56. The third-order valence-electron chi connectivity index (χ3n) is 4.39. The molecule has 0 spiro atoms. The van der Waals surface area contributed by atoms with E-state index in [1.54, 1.807) is 7.11 Å². The molecule has 0 aliphatic rings. The minimum absolute atomic E-state index is 0.0353. The number of amides is 1. The molecule has 134 valence electrons. The number of rotatable bonds is 7. The first-order valence-electron chi connectivity index (χ1n) is 8.77. The summed E-state index contributed by atoms with van der Waals surface area (Å²) in [6, 6.07) is 12.3. The van der Waals surface area contributed by atoms with Crippen LogP contribution in [-0.4, -0.2) is 26.6 Å². The van der Waals surface area contributed by atoms with Gasteiger partial charge in [-0.2, -0.15) is 0 Å². The van der Waals surface area contributed by atoms with Crippen LogP contribution >= 0.6 is 0 Å². The van der Waals surface area contributed by atoms with Crippen molar-refractivity contribution in [3.63, 3.8) is 0 Å². The van der Waals surface area contributed by atoms with Crippen molar-refractivity contribution in [3.05, 3.63) is 58.7 Å². The lowest BCUT2D eigenvalue weighted by Gasteiger charge is -2.17. The molecule has 0 aliphatic heterocycles. The monoisotopic (exact) mass is 341 g/mol. The number of quaternary nitrogens is 1. The summed E-state index contributed by atoms with van der Waals surface area (Å²) in [4.78, 5) is 13.6. The number of hydrogen-bond acceptors (Lipinski definition) is 2. The molecule has 0 radical (unpaired) electrons. The molecule has 25 heavy (non-hydrogen) atoms. The first-order valence-corrected chi connectivity index (χ1v) is 8.77. The zero-order valence-corrected chi connectivity index (χ0v) is 15.9. The summed E-state index contributed by atoms with van der Waals surface area (Å²) in [6.07, 6.45) is 0.903. The van der Waals surface area contributed by atoms with Gasteiger partial charge in [0.1, 0.15) is 12.3 Å². The van der Waals surface area contributed by atoms with Crippen LogP contribution in [0.5, 0.6) is 5.75 Å². The second-order valence-corrected chi connectivity index (χ2v) is 6.64. The summed E-state index contributed by atoms with van der Waals surface area (Å²) < 4.78 is 5.43. The number of benzene rings is 2. The van der Waals surface area contributed by atoms with Crippen LogP contribution in [0.15, 0.2) is 36.4 Å². The van der Waals surface area contributed by atoms with E-state index in [1.165, 1.54) is 11.1 Å². The first kappa shape index (κ1) is 19.0. The normalized spacial score (nSPS) is 11.9. The van der Waals surface area contributed by atoms with E-state index in [9.17, 15) is 4.79 Å². The summed E-state index contributed by atoms with van der Waals surface area (Å²) in [7, 11) is 3.71. The minimum Gasteiger partial charge on any atom is -0.496 e. The highest BCUT2D eigenvalue weighted by atomic mass is 16.5. The van der Waals surface area contributed by atoms with Crippen molar-refractivity contribution < 1.29 is 14.4 Å². The molecule has 1 unspecified atom stereocenters. The topological polar surface area (TPSA) is 42.8 Å². The molecule has 4 nitrogen and oxygen atoms in total. The van der Waals surface area contributed by atoms with Gasteiger partial charge < -0.3 is 15.0 Å². The molecule has 0 aliphatic carbocycles. The molecule has 2 aromatic rings. The average molecular weight is 341 g/mol. The number of likely N-dealkylation sites (N-methyl/N-ethyl adjacent to an activating group) is 1. The van der Waals surface area contributed by atoms with E-state index in [-0.39, 0.29) is 5.91 Å². The number of anilines is 1. The Morgan fingerprint density at radius 3 is 2.60 bits per heavy atom. The molecular weight excluding hydrogens is 312 g/mol. The molecule has 0 fully saturated rings. The van der Waals surface area contributed by atoms with E-state index in [1.807, 2.05) is 38.2 Å². The van der Waals surface area contributed by atoms with Gasteiger partial charge in [-0.15, -0.1) is 0 Å². The number of aryl methyl sites for hydroxylation is 3. The molecular formula is C21H29N2O2+. The Hall–Kier alpha value is -2.33. The molecule has 0 heterocycles. The van der Waals surface area contributed by atoms with Crippen LogP contribution in [0.25, 0.3) is 0 Å². The molecule has 0 saturated carbocycles. The summed E-state index contributed by atoms with van der Waals surface area (Å²) >= 11 is 0. The maximum absolute atomic E-state index is 12.5. The smallest absolute Gasteiger partial charge is 0.279 e. The largest absolute Gasteiger partial charge is 0.496 e. The summed E-state index contributed by atoms with van der Waals surface area (Å²) in [5.41, 5.74) is 5.55. The second kappa shape index (κ2) is 8.67. The molecule has 2 rings (SSSR count). The first-order chi connectivity index (χ1) is 11.9. The zero-order chi connectivity index (χ0) is 18.4. The number of ether oxygens (including phenoxy) is 1. The Morgan fingerprint density at radius 1 is 1.16 bits per heavy atom. The number of methoxy groups -OCH3 is 1. The highest BCUT2D eigenvalue weighted by Crippen LogP contribution is 2.21. The highest BCUT2D eigenvalue weighted by Gasteiger charge is 2.15. The molecule has 2 N–H and O–H groups in total. The number of nitrogens with one attached hydrogen (secondary N) is 2. The van der Waals surface area contributed by atoms with Gasteiger partial charge in [0, 0.05) is 11.3 Å². The van der Waals surface area contributed by atoms with Gasteiger partial charge in [0.15, 0.2) is 6.54 Å². The summed E-state index contributed by atoms with van der Waals surface area (Å²) in [5, 5.41) is 3.10. The Labute approximate surface area is 150 Å². The van der Waals surface area contributed by atoms with Crippen molar-refractivity contribution >= 4 is 11.6 Å². The van der Waals surface area contributed by atoms with E-state index in [0.717, 1.165) is 40.4 Å². The van der Waals surface area contributed by atoms with Gasteiger partial charge in [-0.1, -0.05) is 36.8 Å². The number of carbonyl (C=O) groups is 1. The predicted octanol–water partition coefficient (Wildman–Crippen LogP) is 2.53. The SMILES string of the molecule is CCc1cccc(C)c1NC(=O)C[NH+](C)Cc1cc(C)ccc1OC. The molecule has 0 bridgehead atoms. The quantitative estimate of drug-likeness (QED) is 0.813. The van der Waals surface area contributed by atoms with Crippen molar-refractivity contribution in [2.24, 2.45) is 0 Å². The van der Waals surface area contributed by atoms with Crippen LogP contribution in [0.1, 0.15) is 29.2 Å². The Morgan fingerprint density at radius 2 is 1.92 bits per heavy atom. The molecule has 4 heteroatoms.